The third-order valence-electron chi connectivity index (χ3n) is 7.43. The van der Waals surface area contributed by atoms with Crippen molar-refractivity contribution in [2.75, 3.05) is 25.6 Å². The molecule has 1 saturated carbocycles. The molecule has 4 rings (SSSR count). The van der Waals surface area contributed by atoms with E-state index < -0.39 is 48.7 Å². The summed E-state index contributed by atoms with van der Waals surface area (Å²) < 4.78 is 49.9. The number of carbonyl (C=O) groups excluding carboxylic acids is 3. The highest BCUT2D eigenvalue weighted by Crippen LogP contribution is 2.32. The van der Waals surface area contributed by atoms with Gasteiger partial charge in [0.05, 0.1) is 19.2 Å². The lowest BCUT2D eigenvalue weighted by atomic mass is 9.83. The molecule has 2 aliphatic rings. The van der Waals surface area contributed by atoms with E-state index in [9.17, 15) is 27.6 Å². The molecule has 2 aromatic rings. The average molecular weight is 601 g/mol. The number of urea groups is 1. The summed E-state index contributed by atoms with van der Waals surface area (Å²) in [4.78, 5) is 44.3. The third kappa shape index (κ3) is 7.28. The molecule has 0 bridgehead atoms. The first-order valence-corrected chi connectivity index (χ1v) is 13.7. The zero-order valence-electron chi connectivity index (χ0n) is 22.5. The van der Waals surface area contributed by atoms with Crippen LogP contribution < -0.4 is 16.0 Å². The minimum Gasteiger partial charge on any atom is -0.382 e. The van der Waals surface area contributed by atoms with Gasteiger partial charge in [0.2, 0.25) is 5.91 Å². The molecule has 15 heteroatoms. The molecule has 0 aromatic carbocycles. The molecule has 2 fully saturated rings. The van der Waals surface area contributed by atoms with Crippen LogP contribution in [0, 0.1) is 5.92 Å². The Morgan fingerprint density at radius 2 is 2.02 bits per heavy atom. The average Bonchev–Trinajstić information content (AvgIpc) is 3.57. The van der Waals surface area contributed by atoms with Gasteiger partial charge in [-0.2, -0.15) is 13.2 Å². The largest absolute Gasteiger partial charge is 0.410 e. The van der Waals surface area contributed by atoms with Crippen LogP contribution in [-0.4, -0.2) is 76.8 Å². The highest BCUT2D eigenvalue weighted by Gasteiger charge is 2.48. The minimum atomic E-state index is -4.61. The highest BCUT2D eigenvalue weighted by molar-refractivity contribution is 6.20. The molecule has 41 heavy (non-hydrogen) atoms. The molecule has 1 aliphatic carbocycles. The molecule has 3 N–H and O–H groups in total. The second-order valence-corrected chi connectivity index (χ2v) is 10.8. The molecule has 0 radical (unpaired) electrons. The van der Waals surface area contributed by atoms with E-state index in [0.717, 1.165) is 4.90 Å². The van der Waals surface area contributed by atoms with E-state index in [0.29, 0.717) is 43.2 Å². The number of amides is 4. The number of rotatable bonds is 10. The second kappa shape index (κ2) is 13.1. The number of nitrogens with one attached hydrogen (secondary N) is 3. The number of nitrogens with zero attached hydrogens (tertiary/aromatic N) is 3. The normalized spacial score (nSPS) is 22.6. The smallest absolute Gasteiger partial charge is 0.382 e. The topological polar surface area (TPSA) is 139 Å². The van der Waals surface area contributed by atoms with Gasteiger partial charge >= 0.3 is 12.2 Å². The van der Waals surface area contributed by atoms with Crippen molar-refractivity contribution in [3.05, 3.63) is 41.4 Å². The predicted octanol–water partition coefficient (Wildman–Crippen LogP) is 3.81. The van der Waals surface area contributed by atoms with Gasteiger partial charge in [0.1, 0.15) is 24.2 Å². The zero-order valence-corrected chi connectivity index (χ0v) is 23.3. The van der Waals surface area contributed by atoms with Crippen molar-refractivity contribution in [3.63, 3.8) is 0 Å². The molecule has 0 unspecified atom stereocenters. The van der Waals surface area contributed by atoms with Gasteiger partial charge in [0, 0.05) is 24.2 Å². The third-order valence-corrected chi connectivity index (χ3v) is 7.87. The summed E-state index contributed by atoms with van der Waals surface area (Å²) in [6.45, 7) is 1.16. The second-order valence-electron chi connectivity index (χ2n) is 10.1. The lowest BCUT2D eigenvalue weighted by molar-refractivity contribution is -0.150. The molecule has 224 valence electrons. The SMILES string of the molecule is CCc1conc1C(=O)N[C@@H](C(=O)Nc1cc([C@@H](COC)N2C[C@@H](C(F)(F)F)NC2=O)ccn1)C1CCC(Cl)CC1. The molecular weight excluding hydrogens is 569 g/mol. The molecular formula is C26H32ClF3N6O5. The van der Waals surface area contributed by atoms with Crippen molar-refractivity contribution in [2.24, 2.45) is 5.92 Å². The van der Waals surface area contributed by atoms with Crippen molar-refractivity contribution in [2.45, 2.75) is 68.7 Å². The summed E-state index contributed by atoms with van der Waals surface area (Å²) in [5.74, 6) is -1.18. The van der Waals surface area contributed by atoms with E-state index in [1.54, 1.807) is 0 Å². The Morgan fingerprint density at radius 1 is 1.29 bits per heavy atom. The minimum absolute atomic E-state index is 0.0105. The van der Waals surface area contributed by atoms with Gasteiger partial charge in [-0.3, -0.25) is 9.59 Å². The van der Waals surface area contributed by atoms with Gasteiger partial charge < -0.3 is 30.1 Å². The Bertz CT molecular complexity index is 1240. The number of hydrogen-bond donors (Lipinski definition) is 3. The number of pyridine rings is 1. The highest BCUT2D eigenvalue weighted by atomic mass is 35.5. The fraction of sp³-hybridized carbons (Fsp3) is 0.577. The van der Waals surface area contributed by atoms with Gasteiger partial charge in [-0.25, -0.2) is 9.78 Å². The number of ether oxygens (including phenoxy) is 1. The summed E-state index contributed by atoms with van der Waals surface area (Å²) in [5, 5.41) is 11.2. The first-order chi connectivity index (χ1) is 19.5. The number of carbonyl (C=O) groups is 3. The van der Waals surface area contributed by atoms with Gasteiger partial charge in [0.15, 0.2) is 5.69 Å². The van der Waals surface area contributed by atoms with Gasteiger partial charge in [-0.15, -0.1) is 11.6 Å². The van der Waals surface area contributed by atoms with E-state index in [1.165, 1.54) is 31.7 Å². The van der Waals surface area contributed by atoms with Crippen LogP contribution in [0.15, 0.2) is 29.1 Å². The standard InChI is InChI=1S/C26H32ClF3N6O5/c1-3-14-12-41-35-22(14)24(38)34-21(15-4-6-17(27)7-5-15)23(37)33-20-10-16(8-9-31-20)18(13-40-2)36-11-19(26(28,29)30)32-25(36)39/h8-10,12,15,17-19,21H,3-7,11,13H2,1-2H3,(H,32,39)(H,34,38)(H,31,33,37)/t15?,17?,18-,19+,21-/m1/s1. The van der Waals surface area contributed by atoms with Gasteiger partial charge in [-0.1, -0.05) is 12.1 Å². The molecule has 11 nitrogen and oxygen atoms in total. The lowest BCUT2D eigenvalue weighted by Gasteiger charge is -2.31. The first-order valence-electron chi connectivity index (χ1n) is 13.3. The van der Waals surface area contributed by atoms with E-state index in [4.69, 9.17) is 20.9 Å². The maximum Gasteiger partial charge on any atom is 0.410 e. The summed E-state index contributed by atoms with van der Waals surface area (Å²) >= 11 is 6.27. The molecule has 3 heterocycles. The van der Waals surface area contributed by atoms with E-state index in [-0.39, 0.29) is 29.4 Å². The van der Waals surface area contributed by atoms with Crippen molar-refractivity contribution in [1.82, 2.24) is 25.7 Å². The van der Waals surface area contributed by atoms with Crippen LogP contribution in [0.2, 0.25) is 0 Å². The number of hydrogen-bond acceptors (Lipinski definition) is 7. The van der Waals surface area contributed by atoms with Crippen LogP contribution in [0.1, 0.15) is 60.3 Å². The quantitative estimate of drug-likeness (QED) is 0.353. The molecule has 1 saturated heterocycles. The molecule has 2 aromatic heterocycles. The Hall–Kier alpha value is -3.39. The summed E-state index contributed by atoms with van der Waals surface area (Å²) in [7, 11) is 1.37. The van der Waals surface area contributed by atoms with E-state index in [1.807, 2.05) is 12.2 Å². The fourth-order valence-electron chi connectivity index (χ4n) is 5.18. The Balaban J connectivity index is 1.54. The van der Waals surface area contributed by atoms with E-state index in [2.05, 4.69) is 20.8 Å². The number of anilines is 1. The van der Waals surface area contributed by atoms with Crippen LogP contribution >= 0.6 is 11.6 Å². The van der Waals surface area contributed by atoms with Crippen LogP contribution in [0.5, 0.6) is 0 Å². The fourth-order valence-corrected chi connectivity index (χ4v) is 5.43. The number of alkyl halides is 4. The first kappa shape index (κ1) is 30.6. The summed E-state index contributed by atoms with van der Waals surface area (Å²) in [6, 6.07) is -1.71. The molecule has 3 atom stereocenters. The van der Waals surface area contributed by atoms with Crippen LogP contribution in [-0.2, 0) is 16.0 Å². The molecule has 4 amide bonds. The van der Waals surface area contributed by atoms with Crippen LogP contribution in [0.3, 0.4) is 0 Å². The van der Waals surface area contributed by atoms with Crippen molar-refractivity contribution >= 4 is 35.3 Å². The van der Waals surface area contributed by atoms with E-state index >= 15 is 0 Å². The molecule has 1 aliphatic heterocycles. The Labute approximate surface area is 239 Å². The van der Waals surface area contributed by atoms with Crippen molar-refractivity contribution in [1.29, 1.82) is 0 Å². The van der Waals surface area contributed by atoms with Gasteiger partial charge in [0.25, 0.3) is 5.91 Å². The van der Waals surface area contributed by atoms with Crippen LogP contribution in [0.4, 0.5) is 23.8 Å². The Kier molecular flexibility index (Phi) is 9.74. The lowest BCUT2D eigenvalue weighted by Crippen LogP contribution is -2.49. The maximum absolute atomic E-state index is 13.6. The monoisotopic (exact) mass is 600 g/mol. The summed E-state index contributed by atoms with van der Waals surface area (Å²) in [5.41, 5.74) is 1.11. The number of aryl methyl sites for hydroxylation is 1. The molecule has 0 spiro atoms. The van der Waals surface area contributed by atoms with Crippen molar-refractivity contribution in [3.8, 4) is 0 Å². The summed E-state index contributed by atoms with van der Waals surface area (Å²) in [6.07, 6.45) is 1.24. The zero-order chi connectivity index (χ0) is 29.7. The predicted molar refractivity (Wildman–Crippen MR) is 141 cm³/mol. The van der Waals surface area contributed by atoms with Gasteiger partial charge in [-0.05, 0) is 55.7 Å². The van der Waals surface area contributed by atoms with Crippen LogP contribution in [0.25, 0.3) is 0 Å². The number of aromatic nitrogens is 2. The maximum atomic E-state index is 13.6. The number of methoxy groups -OCH3 is 1. The number of halogens is 4. The van der Waals surface area contributed by atoms with Crippen molar-refractivity contribution < 1.29 is 36.8 Å². The Morgan fingerprint density at radius 3 is 2.66 bits per heavy atom.